The van der Waals surface area contributed by atoms with Gasteiger partial charge in [0, 0.05) is 29.6 Å². The Labute approximate surface area is 132 Å². The van der Waals surface area contributed by atoms with Crippen LogP contribution in [0.2, 0.25) is 0 Å². The predicted octanol–water partition coefficient (Wildman–Crippen LogP) is 3.06. The molecule has 21 heavy (non-hydrogen) atoms. The van der Waals surface area contributed by atoms with Gasteiger partial charge in [0.1, 0.15) is 0 Å². The number of nitrogens with zero attached hydrogens (tertiary/aromatic N) is 1. The van der Waals surface area contributed by atoms with Gasteiger partial charge in [0.25, 0.3) is 0 Å². The fourth-order valence-corrected chi connectivity index (χ4v) is 3.14. The molecule has 0 heterocycles. The average Bonchev–Trinajstić information content (AvgIpc) is 2.44. The fourth-order valence-electron chi connectivity index (χ4n) is 2.26. The summed E-state index contributed by atoms with van der Waals surface area (Å²) in [5, 5.41) is 2.88. The lowest BCUT2D eigenvalue weighted by Gasteiger charge is -2.26. The highest BCUT2D eigenvalue weighted by Crippen LogP contribution is 2.13. The SMILES string of the molecule is CCC(CSC)N(C)CCCC(=O)Nc1cccc(N)c1. The molecule has 1 unspecified atom stereocenters. The molecule has 1 amide bonds. The number of carbonyl (C=O) groups is 1. The van der Waals surface area contributed by atoms with E-state index in [9.17, 15) is 4.79 Å². The van der Waals surface area contributed by atoms with E-state index >= 15 is 0 Å². The number of hydrogen-bond acceptors (Lipinski definition) is 4. The molecule has 0 saturated carbocycles. The van der Waals surface area contributed by atoms with E-state index in [0.717, 1.165) is 30.8 Å². The molecule has 1 rings (SSSR count). The maximum absolute atomic E-state index is 11.9. The summed E-state index contributed by atoms with van der Waals surface area (Å²) in [6.07, 6.45) is 4.69. The maximum Gasteiger partial charge on any atom is 0.224 e. The van der Waals surface area contributed by atoms with Gasteiger partial charge >= 0.3 is 0 Å². The standard InChI is InChI=1S/C16H27N3OS/c1-4-15(12-21-3)19(2)10-6-9-16(20)18-14-8-5-7-13(17)11-14/h5,7-8,11,15H,4,6,9-10,12,17H2,1-3H3,(H,18,20). The van der Waals surface area contributed by atoms with Gasteiger partial charge in [-0.1, -0.05) is 13.0 Å². The monoisotopic (exact) mass is 309 g/mol. The van der Waals surface area contributed by atoms with Gasteiger partial charge in [-0.15, -0.1) is 0 Å². The van der Waals surface area contributed by atoms with Crippen molar-refractivity contribution in [2.45, 2.75) is 32.2 Å². The van der Waals surface area contributed by atoms with E-state index in [0.29, 0.717) is 18.2 Å². The molecule has 0 saturated heterocycles. The fraction of sp³-hybridized carbons (Fsp3) is 0.562. The van der Waals surface area contributed by atoms with Crippen LogP contribution in [0.3, 0.4) is 0 Å². The Balaban J connectivity index is 2.30. The Morgan fingerprint density at radius 2 is 2.24 bits per heavy atom. The van der Waals surface area contributed by atoms with E-state index in [1.54, 1.807) is 12.1 Å². The molecule has 1 aromatic carbocycles. The van der Waals surface area contributed by atoms with Crippen molar-refractivity contribution < 1.29 is 4.79 Å². The number of benzene rings is 1. The summed E-state index contributed by atoms with van der Waals surface area (Å²) in [5.74, 6) is 1.19. The van der Waals surface area contributed by atoms with Crippen LogP contribution in [0.5, 0.6) is 0 Å². The Bertz CT molecular complexity index is 439. The summed E-state index contributed by atoms with van der Waals surface area (Å²) in [6.45, 7) is 3.16. The summed E-state index contributed by atoms with van der Waals surface area (Å²) in [4.78, 5) is 14.2. The number of hydrogen-bond donors (Lipinski definition) is 2. The third-order valence-electron chi connectivity index (χ3n) is 3.54. The van der Waals surface area contributed by atoms with Gasteiger partial charge in [-0.25, -0.2) is 0 Å². The number of anilines is 2. The lowest BCUT2D eigenvalue weighted by atomic mass is 10.2. The van der Waals surface area contributed by atoms with Crippen LogP contribution in [-0.4, -0.2) is 42.4 Å². The minimum absolute atomic E-state index is 0.0481. The highest BCUT2D eigenvalue weighted by atomic mass is 32.2. The number of amides is 1. The minimum Gasteiger partial charge on any atom is -0.399 e. The van der Waals surface area contributed by atoms with Crippen LogP contribution in [0.1, 0.15) is 26.2 Å². The van der Waals surface area contributed by atoms with Gasteiger partial charge in [0.2, 0.25) is 5.91 Å². The molecule has 3 N–H and O–H groups in total. The van der Waals surface area contributed by atoms with Gasteiger partial charge in [-0.05, 0) is 50.9 Å². The molecule has 0 aliphatic carbocycles. The zero-order valence-electron chi connectivity index (χ0n) is 13.3. The van der Waals surface area contributed by atoms with Gasteiger partial charge in [-0.2, -0.15) is 11.8 Å². The molecule has 1 aromatic rings. The summed E-state index contributed by atoms with van der Waals surface area (Å²) in [6, 6.07) is 7.87. The Hall–Kier alpha value is -1.20. The Morgan fingerprint density at radius 1 is 1.48 bits per heavy atom. The van der Waals surface area contributed by atoms with Crippen LogP contribution in [0.4, 0.5) is 11.4 Å². The number of nitrogens with one attached hydrogen (secondary N) is 1. The van der Waals surface area contributed by atoms with E-state index in [1.165, 1.54) is 0 Å². The number of nitrogen functional groups attached to an aromatic ring is 1. The third-order valence-corrected chi connectivity index (χ3v) is 4.26. The quantitative estimate of drug-likeness (QED) is 0.688. The lowest BCUT2D eigenvalue weighted by Crippen LogP contribution is -2.34. The highest BCUT2D eigenvalue weighted by Gasteiger charge is 2.12. The van der Waals surface area contributed by atoms with Crippen molar-refractivity contribution in [1.82, 2.24) is 4.90 Å². The van der Waals surface area contributed by atoms with Gasteiger partial charge in [0.05, 0.1) is 0 Å². The van der Waals surface area contributed by atoms with E-state index < -0.39 is 0 Å². The normalized spacial score (nSPS) is 12.4. The van der Waals surface area contributed by atoms with Crippen molar-refractivity contribution in [2.75, 3.05) is 36.7 Å². The minimum atomic E-state index is 0.0481. The molecule has 0 aliphatic rings. The lowest BCUT2D eigenvalue weighted by molar-refractivity contribution is -0.116. The van der Waals surface area contributed by atoms with E-state index in [4.69, 9.17) is 5.73 Å². The van der Waals surface area contributed by atoms with Crippen LogP contribution in [0.25, 0.3) is 0 Å². The molecule has 1 atom stereocenters. The van der Waals surface area contributed by atoms with Crippen LogP contribution < -0.4 is 11.1 Å². The summed E-state index contributed by atoms with van der Waals surface area (Å²) in [5.41, 5.74) is 7.12. The second-order valence-corrected chi connectivity index (χ2v) is 6.19. The van der Waals surface area contributed by atoms with Crippen LogP contribution in [0, 0.1) is 0 Å². The van der Waals surface area contributed by atoms with Crippen molar-refractivity contribution >= 4 is 29.0 Å². The number of carbonyl (C=O) groups excluding carboxylic acids is 1. The maximum atomic E-state index is 11.9. The molecule has 118 valence electrons. The predicted molar refractivity (Wildman–Crippen MR) is 93.8 cm³/mol. The van der Waals surface area contributed by atoms with E-state index in [2.05, 4.69) is 30.4 Å². The molecule has 4 nitrogen and oxygen atoms in total. The first-order valence-corrected chi connectivity index (χ1v) is 8.80. The second-order valence-electron chi connectivity index (χ2n) is 5.28. The molecule has 0 radical (unpaired) electrons. The van der Waals surface area contributed by atoms with Crippen molar-refractivity contribution in [3.63, 3.8) is 0 Å². The van der Waals surface area contributed by atoms with Gasteiger partial charge < -0.3 is 16.0 Å². The molecule has 5 heteroatoms. The van der Waals surface area contributed by atoms with E-state index in [-0.39, 0.29) is 5.91 Å². The second kappa shape index (κ2) is 9.68. The molecule has 0 bridgehead atoms. The van der Waals surface area contributed by atoms with Crippen LogP contribution in [0.15, 0.2) is 24.3 Å². The molecule has 0 aliphatic heterocycles. The third kappa shape index (κ3) is 6.87. The summed E-state index contributed by atoms with van der Waals surface area (Å²) < 4.78 is 0. The first-order chi connectivity index (χ1) is 10.1. The van der Waals surface area contributed by atoms with Crippen molar-refractivity contribution in [1.29, 1.82) is 0 Å². The molecule has 0 spiro atoms. The number of rotatable bonds is 9. The topological polar surface area (TPSA) is 58.4 Å². The smallest absolute Gasteiger partial charge is 0.224 e. The summed E-state index contributed by atoms with van der Waals surface area (Å²) in [7, 11) is 2.14. The number of thioether (sulfide) groups is 1. The molecule has 0 fully saturated rings. The number of nitrogens with two attached hydrogens (primary N) is 1. The van der Waals surface area contributed by atoms with Crippen molar-refractivity contribution in [3.05, 3.63) is 24.3 Å². The van der Waals surface area contributed by atoms with Crippen LogP contribution in [-0.2, 0) is 4.79 Å². The van der Waals surface area contributed by atoms with Gasteiger partial charge in [-0.3, -0.25) is 4.79 Å². The molecule has 0 aromatic heterocycles. The Morgan fingerprint density at radius 3 is 2.86 bits per heavy atom. The molecular weight excluding hydrogens is 282 g/mol. The first-order valence-electron chi connectivity index (χ1n) is 7.41. The average molecular weight is 309 g/mol. The zero-order chi connectivity index (χ0) is 15.7. The first kappa shape index (κ1) is 17.9. The van der Waals surface area contributed by atoms with E-state index in [1.807, 2.05) is 23.9 Å². The highest BCUT2D eigenvalue weighted by molar-refractivity contribution is 7.98. The largest absolute Gasteiger partial charge is 0.399 e. The Kier molecular flexibility index (Phi) is 8.23. The summed E-state index contributed by atoms with van der Waals surface area (Å²) >= 11 is 1.87. The van der Waals surface area contributed by atoms with Gasteiger partial charge in [0.15, 0.2) is 0 Å². The van der Waals surface area contributed by atoms with Crippen LogP contribution >= 0.6 is 11.8 Å². The van der Waals surface area contributed by atoms with Crippen molar-refractivity contribution in [3.8, 4) is 0 Å². The van der Waals surface area contributed by atoms with Crippen molar-refractivity contribution in [2.24, 2.45) is 0 Å². The zero-order valence-corrected chi connectivity index (χ0v) is 14.1. The molecular formula is C16H27N3OS.